The van der Waals surface area contributed by atoms with Crippen LogP contribution in [0, 0.1) is 0 Å². The minimum absolute atomic E-state index is 2.04. The van der Waals surface area contributed by atoms with Gasteiger partial charge in [-0.25, -0.2) is 0 Å². The molecule has 1 unspecified atom stereocenters. The molecule has 0 saturated carbocycles. The minimum atomic E-state index is -5.93. The summed E-state index contributed by atoms with van der Waals surface area (Å²) in [5, 5.41) is 9.50. The maximum Gasteiger partial charge on any atom is 0.314 e. The van der Waals surface area contributed by atoms with Crippen LogP contribution in [0.25, 0.3) is 0 Å². The van der Waals surface area contributed by atoms with Crippen LogP contribution in [0.2, 0.25) is 0 Å². The summed E-state index contributed by atoms with van der Waals surface area (Å²) in [5.41, 5.74) is -4.65. The smallest absolute Gasteiger partial charge is 0.314 e. The first-order valence-corrected chi connectivity index (χ1v) is 3.86. The molecule has 0 bridgehead atoms. The number of alkyl halides is 2. The van der Waals surface area contributed by atoms with Gasteiger partial charge in [0.2, 0.25) is 7.60 Å². The van der Waals surface area contributed by atoms with Gasteiger partial charge in [0.05, 0.1) is 6.42 Å². The molecule has 0 aliphatic rings. The summed E-state index contributed by atoms with van der Waals surface area (Å²) in [6.45, 7) is 0. The molecule has 1 N–H and O–H groups in total. The van der Waals surface area contributed by atoms with E-state index in [1.54, 1.807) is 0 Å². The molecule has 0 aliphatic carbocycles. The fraction of sp³-hybridized carbons (Fsp3) is 0.667. The van der Waals surface area contributed by atoms with Crippen molar-refractivity contribution in [3.05, 3.63) is 0 Å². The van der Waals surface area contributed by atoms with Crippen molar-refractivity contribution in [3.8, 4) is 0 Å². The molecular weight excluding hydrogens is 185 g/mol. The van der Waals surface area contributed by atoms with Gasteiger partial charge in [-0.2, -0.15) is 8.78 Å². The Morgan fingerprint density at radius 1 is 1.64 bits per heavy atom. The Balaban J connectivity index is 4.48. The largest absolute Gasteiger partial charge is 0.774 e. The lowest BCUT2D eigenvalue weighted by Gasteiger charge is -2.26. The first kappa shape index (κ1) is 10.5. The van der Waals surface area contributed by atoms with Crippen molar-refractivity contribution in [2.45, 2.75) is 12.1 Å². The highest BCUT2D eigenvalue weighted by molar-refractivity contribution is 7.51. The molecule has 1 atom stereocenters. The summed E-state index contributed by atoms with van der Waals surface area (Å²) in [7, 11) is -5.93. The molecule has 0 fully saturated rings. The molecule has 0 aromatic carbocycles. The Morgan fingerprint density at radius 3 is 2.09 bits per heavy atom. The third-order valence-corrected chi connectivity index (χ3v) is 1.76. The monoisotopic (exact) mass is 188 g/mol. The lowest BCUT2D eigenvalue weighted by molar-refractivity contribution is -0.310. The first-order chi connectivity index (χ1) is 4.67. The van der Waals surface area contributed by atoms with E-state index in [-0.39, 0.29) is 0 Å². The van der Waals surface area contributed by atoms with Crippen molar-refractivity contribution in [1.29, 1.82) is 0 Å². The predicted octanol–water partition coefficient (Wildman–Crippen LogP) is -1.74. The summed E-state index contributed by atoms with van der Waals surface area (Å²) in [6.07, 6.45) is -2.04. The van der Waals surface area contributed by atoms with E-state index in [1.807, 2.05) is 0 Å². The fourth-order valence-corrected chi connectivity index (χ4v) is 0.602. The Kier molecular flexibility index (Phi) is 2.71. The lowest BCUT2D eigenvalue weighted by atomic mass is 10.5. The van der Waals surface area contributed by atoms with Crippen molar-refractivity contribution in [1.82, 2.24) is 0 Å². The number of carbonyl (C=O) groups is 1. The summed E-state index contributed by atoms with van der Waals surface area (Å²) in [6, 6.07) is 0. The first-order valence-electron chi connectivity index (χ1n) is 2.28. The minimum Gasteiger partial charge on any atom is -0.774 e. The van der Waals surface area contributed by atoms with Crippen LogP contribution in [0.15, 0.2) is 0 Å². The van der Waals surface area contributed by atoms with E-state index >= 15 is 0 Å². The molecule has 0 aliphatic heterocycles. The highest BCUT2D eigenvalue weighted by Crippen LogP contribution is 2.50. The van der Waals surface area contributed by atoms with Crippen LogP contribution in [0.3, 0.4) is 0 Å². The van der Waals surface area contributed by atoms with Gasteiger partial charge in [0, 0.05) is 5.97 Å². The molecule has 5 nitrogen and oxygen atoms in total. The van der Waals surface area contributed by atoms with E-state index in [1.165, 1.54) is 0 Å². The second-order valence-electron chi connectivity index (χ2n) is 1.74. The molecule has 0 spiro atoms. The highest BCUT2D eigenvalue weighted by atomic mass is 31.2. The van der Waals surface area contributed by atoms with Gasteiger partial charge in [-0.3, -0.25) is 0 Å². The molecular formula is C3H3F2O5P-2. The molecule has 0 radical (unpaired) electrons. The van der Waals surface area contributed by atoms with Gasteiger partial charge in [-0.05, 0) is 0 Å². The van der Waals surface area contributed by atoms with Crippen LogP contribution < -0.4 is 10.00 Å². The average molecular weight is 188 g/mol. The van der Waals surface area contributed by atoms with Gasteiger partial charge in [-0.1, -0.05) is 0 Å². The van der Waals surface area contributed by atoms with Crippen LogP contribution in [0.1, 0.15) is 6.42 Å². The van der Waals surface area contributed by atoms with Crippen LogP contribution >= 0.6 is 7.60 Å². The SMILES string of the molecule is O=C([O-])CC(F)(F)P(=O)([O-])O. The third kappa shape index (κ3) is 2.92. The quantitative estimate of drug-likeness (QED) is 0.530. The number of carboxylic acid groups (broad SMARTS) is 1. The van der Waals surface area contributed by atoms with Gasteiger partial charge >= 0.3 is 5.66 Å². The van der Waals surface area contributed by atoms with Crippen molar-refractivity contribution in [3.63, 3.8) is 0 Å². The number of hydrogen-bond donors (Lipinski definition) is 1. The fourth-order valence-electron chi connectivity index (χ4n) is 0.274. The molecule has 0 aromatic rings. The second-order valence-corrected chi connectivity index (χ2v) is 3.43. The van der Waals surface area contributed by atoms with E-state index in [9.17, 15) is 28.1 Å². The topological polar surface area (TPSA) is 100 Å². The van der Waals surface area contributed by atoms with E-state index in [4.69, 9.17) is 4.89 Å². The van der Waals surface area contributed by atoms with E-state index in [2.05, 4.69) is 0 Å². The molecule has 11 heavy (non-hydrogen) atoms. The number of hydrogen-bond acceptors (Lipinski definition) is 4. The van der Waals surface area contributed by atoms with Crippen LogP contribution in [-0.2, 0) is 9.36 Å². The Morgan fingerprint density at radius 2 is 2.00 bits per heavy atom. The van der Waals surface area contributed by atoms with E-state index in [0.29, 0.717) is 0 Å². The maximum atomic E-state index is 11.9. The zero-order chi connectivity index (χ0) is 9.28. The summed E-state index contributed by atoms with van der Waals surface area (Å²) < 4.78 is 33.6. The molecule has 8 heteroatoms. The zero-order valence-corrected chi connectivity index (χ0v) is 5.88. The molecule has 0 saturated heterocycles. The lowest BCUT2D eigenvalue weighted by Crippen LogP contribution is -2.33. The molecule has 0 aromatic heterocycles. The zero-order valence-electron chi connectivity index (χ0n) is 4.99. The number of halogens is 2. The van der Waals surface area contributed by atoms with Gasteiger partial charge in [0.15, 0.2) is 0 Å². The Bertz CT molecular complexity index is 208. The van der Waals surface area contributed by atoms with E-state index < -0.39 is 25.6 Å². The molecule has 66 valence electrons. The number of carbonyl (C=O) groups excluding carboxylic acids is 1. The number of carboxylic acids is 1. The third-order valence-electron chi connectivity index (χ3n) is 0.770. The Labute approximate surface area is 59.8 Å². The van der Waals surface area contributed by atoms with Crippen LogP contribution in [0.5, 0.6) is 0 Å². The van der Waals surface area contributed by atoms with Crippen LogP contribution in [0.4, 0.5) is 8.78 Å². The second kappa shape index (κ2) is 2.84. The summed E-state index contributed by atoms with van der Waals surface area (Å²) >= 11 is 0. The molecule has 0 rings (SSSR count). The van der Waals surface area contributed by atoms with E-state index in [0.717, 1.165) is 0 Å². The average Bonchev–Trinajstić information content (AvgIpc) is 1.56. The van der Waals surface area contributed by atoms with Gasteiger partial charge in [0.1, 0.15) is 0 Å². The standard InChI is InChI=1S/C3H5F2O5P/c4-3(5,1-2(6)7)11(8,9)10/h1H2,(H,6,7)(H2,8,9,10)/p-2. The summed E-state index contributed by atoms with van der Waals surface area (Å²) in [4.78, 5) is 27.0. The van der Waals surface area contributed by atoms with Crippen molar-refractivity contribution in [2.24, 2.45) is 0 Å². The highest BCUT2D eigenvalue weighted by Gasteiger charge is 2.40. The van der Waals surface area contributed by atoms with Gasteiger partial charge < -0.3 is 24.3 Å². The molecule has 0 amide bonds. The predicted molar refractivity (Wildman–Crippen MR) is 24.4 cm³/mol. The number of rotatable bonds is 3. The Hall–Kier alpha value is -0.520. The van der Waals surface area contributed by atoms with Crippen molar-refractivity contribution < 1.29 is 33.0 Å². The molecule has 0 heterocycles. The number of aliphatic carboxylic acids is 1. The van der Waals surface area contributed by atoms with Crippen LogP contribution in [-0.4, -0.2) is 16.5 Å². The van der Waals surface area contributed by atoms with Crippen molar-refractivity contribution >= 4 is 13.6 Å². The summed E-state index contributed by atoms with van der Waals surface area (Å²) in [5.74, 6) is -2.25. The van der Waals surface area contributed by atoms with Gasteiger partial charge in [-0.15, -0.1) is 0 Å². The maximum absolute atomic E-state index is 11.9. The van der Waals surface area contributed by atoms with Crippen molar-refractivity contribution in [2.75, 3.05) is 0 Å². The normalized spacial score (nSPS) is 17.5. The van der Waals surface area contributed by atoms with Gasteiger partial charge in [0.25, 0.3) is 0 Å².